The Morgan fingerprint density at radius 3 is 1.75 bits per heavy atom. The van der Waals surface area contributed by atoms with Gasteiger partial charge in [0, 0.05) is 0 Å². The standard InChI is InChI=1S/C28H30BO2P/c1-27(2,30)28(3,4)31-29-23-17-15-22-20-26(18-16-21(22)19-23)32(24-11-7-5-8-12-24)25-13-9-6-10-14-25/h5-20,29-30H,1-4H3. The van der Waals surface area contributed by atoms with Gasteiger partial charge in [-0.15, -0.1) is 0 Å². The summed E-state index contributed by atoms with van der Waals surface area (Å²) < 4.78 is 6.06. The number of aliphatic hydroxyl groups is 1. The molecular weight excluding hydrogens is 410 g/mol. The fourth-order valence-corrected chi connectivity index (χ4v) is 5.88. The van der Waals surface area contributed by atoms with Crippen LogP contribution in [0.2, 0.25) is 0 Å². The molecule has 0 atom stereocenters. The van der Waals surface area contributed by atoms with Crippen molar-refractivity contribution < 1.29 is 9.76 Å². The van der Waals surface area contributed by atoms with E-state index in [2.05, 4.69) is 97.1 Å². The summed E-state index contributed by atoms with van der Waals surface area (Å²) in [6.07, 6.45) is 0. The lowest BCUT2D eigenvalue weighted by Gasteiger charge is -2.37. The van der Waals surface area contributed by atoms with Gasteiger partial charge in [-0.1, -0.05) is 96.5 Å². The highest BCUT2D eigenvalue weighted by Crippen LogP contribution is 2.33. The molecule has 4 heteroatoms. The van der Waals surface area contributed by atoms with Crippen LogP contribution in [0.5, 0.6) is 0 Å². The van der Waals surface area contributed by atoms with Gasteiger partial charge >= 0.3 is 7.48 Å². The van der Waals surface area contributed by atoms with Crippen LogP contribution in [-0.4, -0.2) is 23.8 Å². The molecule has 2 nitrogen and oxygen atoms in total. The molecular formula is C28H30BO2P. The minimum absolute atomic E-state index is 0.468. The Morgan fingerprint density at radius 1 is 0.656 bits per heavy atom. The highest BCUT2D eigenvalue weighted by atomic mass is 31.1. The van der Waals surface area contributed by atoms with Crippen LogP contribution >= 0.6 is 7.92 Å². The van der Waals surface area contributed by atoms with Crippen LogP contribution in [0, 0.1) is 0 Å². The van der Waals surface area contributed by atoms with E-state index in [1.165, 1.54) is 26.7 Å². The highest BCUT2D eigenvalue weighted by molar-refractivity contribution is 7.79. The molecule has 4 rings (SSSR count). The maximum Gasteiger partial charge on any atom is 0.309 e. The Kier molecular flexibility index (Phi) is 6.53. The first kappa shape index (κ1) is 22.7. The van der Waals surface area contributed by atoms with Crippen LogP contribution < -0.4 is 21.4 Å². The van der Waals surface area contributed by atoms with E-state index in [1.807, 2.05) is 13.8 Å². The third-order valence-corrected chi connectivity index (χ3v) is 8.67. The molecule has 4 aromatic rings. The summed E-state index contributed by atoms with van der Waals surface area (Å²) in [5, 5.41) is 16.8. The first-order chi connectivity index (χ1) is 15.2. The van der Waals surface area contributed by atoms with Gasteiger partial charge in [0.25, 0.3) is 0 Å². The zero-order valence-electron chi connectivity index (χ0n) is 19.2. The molecule has 0 saturated carbocycles. The maximum absolute atomic E-state index is 10.3. The van der Waals surface area contributed by atoms with Crippen molar-refractivity contribution in [1.29, 1.82) is 0 Å². The van der Waals surface area contributed by atoms with E-state index in [-0.39, 0.29) is 0 Å². The molecule has 0 radical (unpaired) electrons. The van der Waals surface area contributed by atoms with Crippen molar-refractivity contribution in [1.82, 2.24) is 0 Å². The fraction of sp³-hybridized carbons (Fsp3) is 0.214. The number of fused-ring (bicyclic) bond motifs is 1. The van der Waals surface area contributed by atoms with E-state index in [9.17, 15) is 5.11 Å². The molecule has 0 fully saturated rings. The number of rotatable bonds is 7. The van der Waals surface area contributed by atoms with Gasteiger partial charge in [-0.05, 0) is 68.4 Å². The zero-order chi connectivity index (χ0) is 22.8. The second-order valence-corrected chi connectivity index (χ2v) is 11.5. The summed E-state index contributed by atoms with van der Waals surface area (Å²) in [4.78, 5) is 0. The lowest BCUT2D eigenvalue weighted by Crippen LogP contribution is -2.49. The Bertz CT molecular complexity index is 1140. The second kappa shape index (κ2) is 9.20. The second-order valence-electron chi connectivity index (χ2n) is 9.23. The summed E-state index contributed by atoms with van der Waals surface area (Å²) in [5.41, 5.74) is -0.436. The Hall–Kier alpha value is -2.45. The van der Waals surface area contributed by atoms with Crippen molar-refractivity contribution in [2.24, 2.45) is 0 Å². The monoisotopic (exact) mass is 440 g/mol. The average molecular weight is 440 g/mol. The van der Waals surface area contributed by atoms with Crippen LogP contribution in [0.1, 0.15) is 27.7 Å². The molecule has 0 heterocycles. The minimum atomic E-state index is -0.912. The largest absolute Gasteiger partial charge is 0.427 e. The van der Waals surface area contributed by atoms with Crippen molar-refractivity contribution in [2.75, 3.05) is 0 Å². The van der Waals surface area contributed by atoms with Crippen molar-refractivity contribution in [2.45, 2.75) is 38.9 Å². The molecule has 0 bridgehead atoms. The summed E-state index contributed by atoms with van der Waals surface area (Å²) in [6, 6.07) is 34.9. The summed E-state index contributed by atoms with van der Waals surface area (Å²) in [7, 11) is -0.147. The predicted molar refractivity (Wildman–Crippen MR) is 141 cm³/mol. The highest BCUT2D eigenvalue weighted by Gasteiger charge is 2.35. The van der Waals surface area contributed by atoms with Gasteiger partial charge in [-0.25, -0.2) is 0 Å². The van der Waals surface area contributed by atoms with Gasteiger partial charge in [0.15, 0.2) is 0 Å². The van der Waals surface area contributed by atoms with Gasteiger partial charge in [0.2, 0.25) is 0 Å². The normalized spacial score (nSPS) is 12.3. The molecule has 0 amide bonds. The molecule has 0 unspecified atom stereocenters. The molecule has 32 heavy (non-hydrogen) atoms. The SMILES string of the molecule is CC(C)(O)C(C)(C)OBc1ccc2cc(P(c3ccccc3)c3ccccc3)ccc2c1. The van der Waals surface area contributed by atoms with Crippen LogP contribution in [0.4, 0.5) is 0 Å². The molecule has 4 aromatic carbocycles. The van der Waals surface area contributed by atoms with Crippen molar-refractivity contribution in [3.05, 3.63) is 97.1 Å². The summed E-state index contributed by atoms with van der Waals surface area (Å²) >= 11 is 0. The quantitative estimate of drug-likeness (QED) is 0.346. The van der Waals surface area contributed by atoms with Gasteiger partial charge in [-0.2, -0.15) is 0 Å². The van der Waals surface area contributed by atoms with E-state index in [1.54, 1.807) is 13.8 Å². The predicted octanol–water partition coefficient (Wildman–Crippen LogP) is 4.14. The number of benzene rings is 4. The smallest absolute Gasteiger partial charge is 0.309 e. The molecule has 0 spiro atoms. The molecule has 0 aromatic heterocycles. The van der Waals surface area contributed by atoms with E-state index >= 15 is 0 Å². The van der Waals surface area contributed by atoms with Crippen molar-refractivity contribution in [3.8, 4) is 0 Å². The van der Waals surface area contributed by atoms with Gasteiger partial charge < -0.3 is 9.76 Å². The van der Waals surface area contributed by atoms with Gasteiger partial charge in [-0.3, -0.25) is 0 Å². The lowest BCUT2D eigenvalue weighted by molar-refractivity contribution is -0.0893. The van der Waals surface area contributed by atoms with Gasteiger partial charge in [0.05, 0.1) is 11.2 Å². The molecule has 0 aliphatic heterocycles. The average Bonchev–Trinajstić information content (AvgIpc) is 2.78. The van der Waals surface area contributed by atoms with Crippen LogP contribution in [-0.2, 0) is 4.65 Å². The van der Waals surface area contributed by atoms with Gasteiger partial charge in [0.1, 0.15) is 0 Å². The Balaban J connectivity index is 1.65. The summed E-state index contributed by atoms with van der Waals surface area (Å²) in [5.74, 6) is 0. The first-order valence-corrected chi connectivity index (χ1v) is 12.4. The van der Waals surface area contributed by atoms with E-state index in [0.29, 0.717) is 7.48 Å². The number of hydrogen-bond donors (Lipinski definition) is 1. The van der Waals surface area contributed by atoms with Crippen molar-refractivity contribution in [3.63, 3.8) is 0 Å². The first-order valence-electron chi connectivity index (χ1n) is 11.0. The van der Waals surface area contributed by atoms with Crippen LogP contribution in [0.3, 0.4) is 0 Å². The Labute approximate surface area is 193 Å². The molecule has 1 N–H and O–H groups in total. The minimum Gasteiger partial charge on any atom is -0.427 e. The fourth-order valence-electron chi connectivity index (χ4n) is 3.55. The molecule has 0 aliphatic rings. The molecule has 162 valence electrons. The Morgan fingerprint density at radius 2 is 1.19 bits per heavy atom. The zero-order valence-corrected chi connectivity index (χ0v) is 20.1. The van der Waals surface area contributed by atoms with Crippen molar-refractivity contribution >= 4 is 47.6 Å². The molecule has 0 saturated heterocycles. The molecule has 0 aliphatic carbocycles. The maximum atomic E-state index is 10.3. The number of hydrogen-bond acceptors (Lipinski definition) is 2. The van der Waals surface area contributed by atoms with Crippen LogP contribution in [0.15, 0.2) is 97.1 Å². The van der Waals surface area contributed by atoms with E-state index in [0.717, 1.165) is 5.46 Å². The van der Waals surface area contributed by atoms with Crippen LogP contribution in [0.25, 0.3) is 10.8 Å². The summed E-state index contributed by atoms with van der Waals surface area (Å²) in [6.45, 7) is 7.42. The lowest BCUT2D eigenvalue weighted by atomic mass is 9.82. The third-order valence-electron chi connectivity index (χ3n) is 6.25. The van der Waals surface area contributed by atoms with E-state index < -0.39 is 19.1 Å². The third kappa shape index (κ3) is 4.97. The topological polar surface area (TPSA) is 29.5 Å². The van der Waals surface area contributed by atoms with E-state index in [4.69, 9.17) is 4.65 Å².